The van der Waals surface area contributed by atoms with Crippen molar-refractivity contribution in [1.82, 2.24) is 14.8 Å². The Bertz CT molecular complexity index is 627. The van der Waals surface area contributed by atoms with Crippen molar-refractivity contribution in [1.29, 1.82) is 0 Å². The molecule has 0 saturated heterocycles. The summed E-state index contributed by atoms with van der Waals surface area (Å²) in [4.78, 5) is 10.9. The number of carbonyl (C=O) groups is 1. The van der Waals surface area contributed by atoms with E-state index in [0.29, 0.717) is 28.6 Å². The molecule has 21 heavy (non-hydrogen) atoms. The summed E-state index contributed by atoms with van der Waals surface area (Å²) in [7, 11) is 4.86. The summed E-state index contributed by atoms with van der Waals surface area (Å²) in [6, 6.07) is 3.18. The summed E-state index contributed by atoms with van der Waals surface area (Å²) >= 11 is 0. The molecule has 0 aliphatic heterocycles. The highest BCUT2D eigenvalue weighted by Gasteiger charge is 2.15. The van der Waals surface area contributed by atoms with Gasteiger partial charge in [0.25, 0.3) is 0 Å². The van der Waals surface area contributed by atoms with Gasteiger partial charge in [0.1, 0.15) is 18.7 Å². The fourth-order valence-corrected chi connectivity index (χ4v) is 1.82. The molecule has 0 radical (unpaired) electrons. The molecular weight excluding hydrogens is 274 g/mol. The molecule has 2 rings (SSSR count). The summed E-state index contributed by atoms with van der Waals surface area (Å²) in [5.41, 5.74) is 0.450. The van der Waals surface area contributed by atoms with Gasteiger partial charge < -0.3 is 18.8 Å². The molecule has 0 aliphatic carbocycles. The van der Waals surface area contributed by atoms with Crippen LogP contribution in [0.25, 0.3) is 0 Å². The van der Waals surface area contributed by atoms with Crippen LogP contribution in [0.15, 0.2) is 12.1 Å². The third-order valence-corrected chi connectivity index (χ3v) is 3.15. The number of carbonyl (C=O) groups excluding carboxylic acids is 1. The van der Waals surface area contributed by atoms with Crippen molar-refractivity contribution in [2.24, 2.45) is 7.05 Å². The Balaban J connectivity index is 2.30. The Morgan fingerprint density at radius 1 is 1.19 bits per heavy atom. The van der Waals surface area contributed by atoms with Crippen LogP contribution in [0.2, 0.25) is 0 Å². The zero-order valence-corrected chi connectivity index (χ0v) is 12.4. The van der Waals surface area contributed by atoms with E-state index in [1.807, 2.05) is 18.5 Å². The molecule has 2 aromatic rings. The first-order valence-corrected chi connectivity index (χ1v) is 6.29. The SMILES string of the molecule is COc1cc(C=O)cc(OC)c1OCc1nnc(C)n1C. The van der Waals surface area contributed by atoms with Crippen LogP contribution in [-0.4, -0.2) is 35.3 Å². The summed E-state index contributed by atoms with van der Waals surface area (Å²) in [5, 5.41) is 7.99. The number of ether oxygens (including phenoxy) is 3. The zero-order chi connectivity index (χ0) is 15.4. The quantitative estimate of drug-likeness (QED) is 0.751. The summed E-state index contributed by atoms with van der Waals surface area (Å²) in [5.74, 6) is 2.75. The molecule has 0 aliphatic rings. The second-order valence-corrected chi connectivity index (χ2v) is 4.38. The lowest BCUT2D eigenvalue weighted by Crippen LogP contribution is -2.06. The van der Waals surface area contributed by atoms with Crippen molar-refractivity contribution in [3.05, 3.63) is 29.3 Å². The molecule has 0 amide bonds. The van der Waals surface area contributed by atoms with E-state index in [1.165, 1.54) is 14.2 Å². The largest absolute Gasteiger partial charge is 0.493 e. The van der Waals surface area contributed by atoms with Gasteiger partial charge in [0.2, 0.25) is 5.75 Å². The van der Waals surface area contributed by atoms with Crippen LogP contribution in [-0.2, 0) is 13.7 Å². The molecule has 0 atom stereocenters. The van der Waals surface area contributed by atoms with E-state index in [9.17, 15) is 4.79 Å². The van der Waals surface area contributed by atoms with E-state index in [1.54, 1.807) is 12.1 Å². The zero-order valence-electron chi connectivity index (χ0n) is 12.4. The van der Waals surface area contributed by atoms with Gasteiger partial charge in [-0.2, -0.15) is 0 Å². The van der Waals surface area contributed by atoms with Crippen molar-refractivity contribution in [2.75, 3.05) is 14.2 Å². The molecular formula is C14H17N3O4. The summed E-state index contributed by atoms with van der Waals surface area (Å²) in [6.45, 7) is 2.07. The number of aromatic nitrogens is 3. The van der Waals surface area contributed by atoms with Crippen LogP contribution in [0, 0.1) is 6.92 Å². The highest BCUT2D eigenvalue weighted by Crippen LogP contribution is 2.38. The minimum Gasteiger partial charge on any atom is -0.493 e. The molecule has 0 unspecified atom stereocenters. The van der Waals surface area contributed by atoms with Crippen molar-refractivity contribution in [3.8, 4) is 17.2 Å². The average molecular weight is 291 g/mol. The number of aryl methyl sites for hydroxylation is 1. The third-order valence-electron chi connectivity index (χ3n) is 3.15. The molecule has 0 saturated carbocycles. The van der Waals surface area contributed by atoms with Crippen LogP contribution >= 0.6 is 0 Å². The third kappa shape index (κ3) is 2.96. The Kier molecular flexibility index (Phi) is 4.42. The van der Waals surface area contributed by atoms with E-state index in [4.69, 9.17) is 14.2 Å². The normalized spacial score (nSPS) is 10.3. The van der Waals surface area contributed by atoms with Gasteiger partial charge in [0.15, 0.2) is 17.3 Å². The molecule has 0 bridgehead atoms. The number of benzene rings is 1. The van der Waals surface area contributed by atoms with Crippen LogP contribution in [0.1, 0.15) is 22.0 Å². The van der Waals surface area contributed by atoms with Gasteiger partial charge in [-0.05, 0) is 19.1 Å². The maximum atomic E-state index is 10.9. The van der Waals surface area contributed by atoms with Gasteiger partial charge >= 0.3 is 0 Å². The Labute approximate surface area is 122 Å². The van der Waals surface area contributed by atoms with Crippen LogP contribution in [0.4, 0.5) is 0 Å². The first-order chi connectivity index (χ1) is 10.1. The Morgan fingerprint density at radius 2 is 1.81 bits per heavy atom. The molecule has 0 fully saturated rings. The Hall–Kier alpha value is -2.57. The van der Waals surface area contributed by atoms with Gasteiger partial charge in [-0.3, -0.25) is 4.79 Å². The van der Waals surface area contributed by atoms with E-state index >= 15 is 0 Å². The maximum Gasteiger partial charge on any atom is 0.204 e. The summed E-state index contributed by atoms with van der Waals surface area (Å²) < 4.78 is 18.1. The predicted octanol–water partition coefficient (Wildman–Crippen LogP) is 1.53. The maximum absolute atomic E-state index is 10.9. The Morgan fingerprint density at radius 3 is 2.24 bits per heavy atom. The molecule has 1 aromatic heterocycles. The lowest BCUT2D eigenvalue weighted by Gasteiger charge is -2.14. The molecule has 7 heteroatoms. The van der Waals surface area contributed by atoms with Crippen LogP contribution < -0.4 is 14.2 Å². The minimum absolute atomic E-state index is 0.213. The number of rotatable bonds is 6. The van der Waals surface area contributed by atoms with Crippen molar-refractivity contribution < 1.29 is 19.0 Å². The number of nitrogens with zero attached hydrogens (tertiary/aromatic N) is 3. The molecule has 112 valence electrons. The van der Waals surface area contributed by atoms with Gasteiger partial charge in [0.05, 0.1) is 14.2 Å². The van der Waals surface area contributed by atoms with Gasteiger partial charge in [-0.1, -0.05) is 0 Å². The highest BCUT2D eigenvalue weighted by molar-refractivity contribution is 5.78. The molecule has 1 aromatic carbocycles. The standard InChI is InChI=1S/C14H17N3O4/c1-9-15-16-13(17(9)2)8-21-14-11(19-3)5-10(7-18)6-12(14)20-4/h5-7H,8H2,1-4H3. The monoisotopic (exact) mass is 291 g/mol. The van der Waals surface area contributed by atoms with E-state index in [2.05, 4.69) is 10.2 Å². The fraction of sp³-hybridized carbons (Fsp3) is 0.357. The van der Waals surface area contributed by atoms with E-state index in [-0.39, 0.29) is 6.61 Å². The second kappa shape index (κ2) is 6.25. The average Bonchev–Trinajstić information content (AvgIpc) is 2.83. The summed E-state index contributed by atoms with van der Waals surface area (Å²) in [6.07, 6.45) is 0.723. The van der Waals surface area contributed by atoms with E-state index in [0.717, 1.165) is 12.1 Å². The van der Waals surface area contributed by atoms with E-state index < -0.39 is 0 Å². The first kappa shape index (κ1) is 14.8. The number of aldehydes is 1. The van der Waals surface area contributed by atoms with Crippen molar-refractivity contribution >= 4 is 6.29 Å². The van der Waals surface area contributed by atoms with Crippen LogP contribution in [0.3, 0.4) is 0 Å². The van der Waals surface area contributed by atoms with Crippen molar-refractivity contribution in [2.45, 2.75) is 13.5 Å². The number of methoxy groups -OCH3 is 2. The first-order valence-electron chi connectivity index (χ1n) is 6.29. The molecule has 7 nitrogen and oxygen atoms in total. The topological polar surface area (TPSA) is 75.5 Å². The number of hydrogen-bond donors (Lipinski definition) is 0. The lowest BCUT2D eigenvalue weighted by atomic mass is 10.2. The van der Waals surface area contributed by atoms with Gasteiger partial charge in [-0.25, -0.2) is 0 Å². The molecule has 0 N–H and O–H groups in total. The highest BCUT2D eigenvalue weighted by atomic mass is 16.5. The predicted molar refractivity (Wildman–Crippen MR) is 75.0 cm³/mol. The number of hydrogen-bond acceptors (Lipinski definition) is 6. The second-order valence-electron chi connectivity index (χ2n) is 4.38. The van der Waals surface area contributed by atoms with Crippen molar-refractivity contribution in [3.63, 3.8) is 0 Å². The molecule has 1 heterocycles. The molecule has 0 spiro atoms. The smallest absolute Gasteiger partial charge is 0.204 e. The van der Waals surface area contributed by atoms with Gasteiger partial charge in [0, 0.05) is 12.6 Å². The van der Waals surface area contributed by atoms with Gasteiger partial charge in [-0.15, -0.1) is 10.2 Å². The lowest BCUT2D eigenvalue weighted by molar-refractivity contribution is 0.112. The fourth-order valence-electron chi connectivity index (χ4n) is 1.82. The minimum atomic E-state index is 0.213. The van der Waals surface area contributed by atoms with Crippen LogP contribution in [0.5, 0.6) is 17.2 Å².